The Labute approximate surface area is 115 Å². The van der Waals surface area contributed by atoms with Crippen LogP contribution in [0.2, 0.25) is 0 Å². The minimum atomic E-state index is -4.51. The predicted molar refractivity (Wildman–Crippen MR) is 68.4 cm³/mol. The van der Waals surface area contributed by atoms with E-state index in [-0.39, 0.29) is 17.7 Å². The molecule has 1 saturated heterocycles. The quantitative estimate of drug-likeness (QED) is 0.794. The lowest BCUT2D eigenvalue weighted by Crippen LogP contribution is -2.47. The van der Waals surface area contributed by atoms with E-state index >= 15 is 0 Å². The molecule has 0 aromatic heterocycles. The Morgan fingerprint density at radius 2 is 2.05 bits per heavy atom. The summed E-state index contributed by atoms with van der Waals surface area (Å²) in [5, 5.41) is 8.93. The first-order valence-electron chi connectivity index (χ1n) is 6.32. The van der Waals surface area contributed by atoms with E-state index in [1.54, 1.807) is 6.07 Å². The number of morpholine rings is 1. The Balaban J connectivity index is 2.37. The minimum absolute atomic E-state index is 0.0130. The van der Waals surface area contributed by atoms with E-state index in [4.69, 9.17) is 10.00 Å². The summed E-state index contributed by atoms with van der Waals surface area (Å²) >= 11 is 0. The molecule has 1 aliphatic heterocycles. The zero-order valence-corrected chi connectivity index (χ0v) is 11.2. The van der Waals surface area contributed by atoms with Crippen molar-refractivity contribution in [3.63, 3.8) is 0 Å². The van der Waals surface area contributed by atoms with E-state index in [0.717, 1.165) is 6.07 Å². The van der Waals surface area contributed by atoms with Crippen molar-refractivity contribution >= 4 is 5.69 Å². The van der Waals surface area contributed by atoms with Crippen LogP contribution in [0.3, 0.4) is 0 Å². The van der Waals surface area contributed by atoms with Gasteiger partial charge in [-0.2, -0.15) is 18.4 Å². The topological polar surface area (TPSA) is 36.3 Å². The van der Waals surface area contributed by atoms with Crippen LogP contribution in [0.1, 0.15) is 25.0 Å². The van der Waals surface area contributed by atoms with Gasteiger partial charge in [-0.15, -0.1) is 0 Å². The van der Waals surface area contributed by atoms with Crippen molar-refractivity contribution < 1.29 is 17.9 Å². The molecule has 0 bridgehead atoms. The third-order valence-electron chi connectivity index (χ3n) is 3.37. The van der Waals surface area contributed by atoms with E-state index in [2.05, 4.69) is 0 Å². The summed E-state index contributed by atoms with van der Waals surface area (Å²) in [5.74, 6) is 0. The summed E-state index contributed by atoms with van der Waals surface area (Å²) in [5.41, 5.74) is -0.615. The SMILES string of the molecule is CC1CN(c2ccc(C(F)(F)F)c(C#N)c2)C(C)CO1. The van der Waals surface area contributed by atoms with Crippen LogP contribution in [0.4, 0.5) is 18.9 Å². The highest BCUT2D eigenvalue weighted by Gasteiger charge is 2.34. The van der Waals surface area contributed by atoms with Gasteiger partial charge in [0.2, 0.25) is 0 Å². The molecule has 0 saturated carbocycles. The van der Waals surface area contributed by atoms with Crippen molar-refractivity contribution in [1.82, 2.24) is 0 Å². The first kappa shape index (κ1) is 14.7. The second kappa shape index (κ2) is 5.33. The van der Waals surface area contributed by atoms with Crippen LogP contribution in [0, 0.1) is 11.3 Å². The van der Waals surface area contributed by atoms with Gasteiger partial charge in [0.05, 0.1) is 29.9 Å². The van der Waals surface area contributed by atoms with Crippen LogP contribution in [-0.4, -0.2) is 25.3 Å². The van der Waals surface area contributed by atoms with E-state index < -0.39 is 11.7 Å². The fraction of sp³-hybridized carbons (Fsp3) is 0.500. The molecule has 6 heteroatoms. The maximum Gasteiger partial charge on any atom is 0.417 e. The smallest absolute Gasteiger partial charge is 0.375 e. The Morgan fingerprint density at radius 3 is 2.65 bits per heavy atom. The molecule has 0 N–H and O–H groups in total. The summed E-state index contributed by atoms with van der Waals surface area (Å²) < 4.78 is 43.8. The molecule has 108 valence electrons. The number of rotatable bonds is 1. The van der Waals surface area contributed by atoms with Crippen molar-refractivity contribution in [3.8, 4) is 6.07 Å². The number of alkyl halides is 3. The summed E-state index contributed by atoms with van der Waals surface area (Å²) in [6.45, 7) is 4.96. The molecule has 0 radical (unpaired) electrons. The van der Waals surface area contributed by atoms with Gasteiger partial charge in [-0.05, 0) is 32.0 Å². The standard InChI is InChI=1S/C14H15F3N2O/c1-9-8-20-10(2)7-19(9)12-3-4-13(14(15,16)17)11(5-12)6-18/h3-5,9-10H,7-8H2,1-2H3. The van der Waals surface area contributed by atoms with Crippen LogP contribution in [-0.2, 0) is 10.9 Å². The molecule has 0 aliphatic carbocycles. The number of nitriles is 1. The maximum absolute atomic E-state index is 12.8. The largest absolute Gasteiger partial charge is 0.417 e. The Kier molecular flexibility index (Phi) is 3.91. The number of benzene rings is 1. The van der Waals surface area contributed by atoms with E-state index in [9.17, 15) is 13.2 Å². The third kappa shape index (κ3) is 2.88. The van der Waals surface area contributed by atoms with Gasteiger partial charge in [-0.25, -0.2) is 0 Å². The number of halogens is 3. The summed E-state index contributed by atoms with van der Waals surface area (Å²) in [6.07, 6.45) is -4.49. The van der Waals surface area contributed by atoms with Crippen molar-refractivity contribution in [2.45, 2.75) is 32.2 Å². The molecule has 1 heterocycles. The molecule has 2 unspecified atom stereocenters. The molecule has 20 heavy (non-hydrogen) atoms. The first-order valence-corrected chi connectivity index (χ1v) is 6.32. The highest BCUT2D eigenvalue weighted by Crippen LogP contribution is 2.34. The molecule has 1 fully saturated rings. The van der Waals surface area contributed by atoms with Gasteiger partial charge in [-0.3, -0.25) is 0 Å². The molecule has 1 aliphatic rings. The van der Waals surface area contributed by atoms with E-state index in [1.165, 1.54) is 12.1 Å². The molecule has 2 atom stereocenters. The summed E-state index contributed by atoms with van der Waals surface area (Å²) in [4.78, 5) is 1.97. The Morgan fingerprint density at radius 1 is 1.35 bits per heavy atom. The van der Waals surface area contributed by atoms with Gasteiger partial charge in [0.25, 0.3) is 0 Å². The molecule has 0 amide bonds. The van der Waals surface area contributed by atoms with Crippen molar-refractivity contribution in [1.29, 1.82) is 5.26 Å². The lowest BCUT2D eigenvalue weighted by Gasteiger charge is -2.38. The number of ether oxygens (including phenoxy) is 1. The molecule has 1 aromatic carbocycles. The first-order chi connectivity index (χ1) is 9.32. The number of nitrogens with zero attached hydrogens (tertiary/aromatic N) is 2. The second-order valence-corrected chi connectivity index (χ2v) is 4.98. The Bertz CT molecular complexity index is 536. The van der Waals surface area contributed by atoms with Crippen molar-refractivity contribution in [3.05, 3.63) is 29.3 Å². The number of hydrogen-bond acceptors (Lipinski definition) is 3. The van der Waals surface area contributed by atoms with E-state index in [0.29, 0.717) is 18.8 Å². The van der Waals surface area contributed by atoms with Crippen molar-refractivity contribution in [2.75, 3.05) is 18.1 Å². The lowest BCUT2D eigenvalue weighted by atomic mass is 10.1. The maximum atomic E-state index is 12.8. The van der Waals surface area contributed by atoms with Gasteiger partial charge < -0.3 is 9.64 Å². The number of anilines is 1. The fourth-order valence-electron chi connectivity index (χ4n) is 2.31. The normalized spacial score (nSPS) is 23.5. The van der Waals surface area contributed by atoms with Gasteiger partial charge in [0.1, 0.15) is 0 Å². The lowest BCUT2D eigenvalue weighted by molar-refractivity contribution is -0.137. The summed E-state index contributed by atoms with van der Waals surface area (Å²) in [7, 11) is 0. The molecular weight excluding hydrogens is 269 g/mol. The Hall–Kier alpha value is -1.74. The molecule has 2 rings (SSSR count). The summed E-state index contributed by atoms with van der Waals surface area (Å²) in [6, 6.07) is 5.38. The third-order valence-corrected chi connectivity index (χ3v) is 3.37. The highest BCUT2D eigenvalue weighted by atomic mass is 19.4. The molecule has 3 nitrogen and oxygen atoms in total. The zero-order valence-electron chi connectivity index (χ0n) is 11.2. The number of hydrogen-bond donors (Lipinski definition) is 0. The average Bonchev–Trinajstić information content (AvgIpc) is 2.39. The van der Waals surface area contributed by atoms with Crippen LogP contribution in [0.25, 0.3) is 0 Å². The van der Waals surface area contributed by atoms with Gasteiger partial charge in [0, 0.05) is 18.3 Å². The van der Waals surface area contributed by atoms with E-state index in [1.807, 2.05) is 18.7 Å². The molecule has 0 spiro atoms. The second-order valence-electron chi connectivity index (χ2n) is 4.98. The van der Waals surface area contributed by atoms with Crippen LogP contribution in [0.15, 0.2) is 18.2 Å². The molecular formula is C14H15F3N2O. The van der Waals surface area contributed by atoms with Gasteiger partial charge in [-0.1, -0.05) is 0 Å². The van der Waals surface area contributed by atoms with Gasteiger partial charge >= 0.3 is 6.18 Å². The fourth-order valence-corrected chi connectivity index (χ4v) is 2.31. The molecule has 1 aromatic rings. The monoisotopic (exact) mass is 284 g/mol. The van der Waals surface area contributed by atoms with Gasteiger partial charge in [0.15, 0.2) is 0 Å². The zero-order chi connectivity index (χ0) is 14.9. The average molecular weight is 284 g/mol. The van der Waals surface area contributed by atoms with Crippen LogP contribution < -0.4 is 4.90 Å². The van der Waals surface area contributed by atoms with Crippen molar-refractivity contribution in [2.24, 2.45) is 0 Å². The van der Waals surface area contributed by atoms with Crippen LogP contribution in [0.5, 0.6) is 0 Å². The van der Waals surface area contributed by atoms with Crippen LogP contribution >= 0.6 is 0 Å². The predicted octanol–water partition coefficient (Wildman–Crippen LogP) is 3.19. The minimum Gasteiger partial charge on any atom is -0.375 e. The highest BCUT2D eigenvalue weighted by molar-refractivity contribution is 5.56.